The van der Waals surface area contributed by atoms with Gasteiger partial charge in [-0.1, -0.05) is 25.0 Å². The molecule has 0 spiro atoms. The Hall–Kier alpha value is -1.86. The van der Waals surface area contributed by atoms with Crippen molar-refractivity contribution in [3.05, 3.63) is 35.4 Å². The number of hydrogen-bond donors (Lipinski definition) is 2. The normalized spacial score (nSPS) is 16.6. The molecular weight excluding hydrogens is 250 g/mol. The Morgan fingerprint density at radius 1 is 1.35 bits per heavy atom. The minimum Gasteiger partial charge on any atom is -0.352 e. The third kappa shape index (κ3) is 4.07. The van der Waals surface area contributed by atoms with Gasteiger partial charge in [0.25, 0.3) is 0 Å². The standard InChI is InChI=1S/C16H21N3O/c1-12(14-8-6-13(10-17)7-9-14)18-11-16(20)19-15-4-2-3-5-15/h6-9,12,15,18H,2-5,11H2,1H3,(H,19,20). The van der Waals surface area contributed by atoms with Gasteiger partial charge in [-0.25, -0.2) is 0 Å². The highest BCUT2D eigenvalue weighted by Gasteiger charge is 2.17. The highest BCUT2D eigenvalue weighted by atomic mass is 16.1. The fraction of sp³-hybridized carbons (Fsp3) is 0.500. The van der Waals surface area contributed by atoms with Crippen LogP contribution in [0.2, 0.25) is 0 Å². The fourth-order valence-electron chi connectivity index (χ4n) is 2.56. The second-order valence-electron chi connectivity index (χ2n) is 5.39. The second kappa shape index (κ2) is 7.06. The molecule has 0 aromatic heterocycles. The molecule has 20 heavy (non-hydrogen) atoms. The van der Waals surface area contributed by atoms with E-state index in [9.17, 15) is 4.79 Å². The molecule has 1 amide bonds. The van der Waals surface area contributed by atoms with Crippen molar-refractivity contribution in [2.24, 2.45) is 0 Å². The van der Waals surface area contributed by atoms with Gasteiger partial charge in [0.1, 0.15) is 0 Å². The smallest absolute Gasteiger partial charge is 0.234 e. The Morgan fingerprint density at radius 2 is 2.00 bits per heavy atom. The van der Waals surface area contributed by atoms with Crippen LogP contribution in [-0.4, -0.2) is 18.5 Å². The lowest BCUT2D eigenvalue weighted by atomic mass is 10.1. The lowest BCUT2D eigenvalue weighted by Gasteiger charge is -2.16. The van der Waals surface area contributed by atoms with Crippen LogP contribution >= 0.6 is 0 Å². The first-order chi connectivity index (χ1) is 9.69. The third-order valence-corrected chi connectivity index (χ3v) is 3.83. The minimum absolute atomic E-state index is 0.0670. The van der Waals surface area contributed by atoms with Crippen molar-refractivity contribution >= 4 is 5.91 Å². The SMILES string of the molecule is CC(NCC(=O)NC1CCCC1)c1ccc(C#N)cc1. The van der Waals surface area contributed by atoms with Gasteiger partial charge in [0.05, 0.1) is 18.2 Å². The molecule has 1 aromatic carbocycles. The number of nitriles is 1. The van der Waals surface area contributed by atoms with E-state index in [0.29, 0.717) is 18.2 Å². The summed E-state index contributed by atoms with van der Waals surface area (Å²) in [7, 11) is 0. The number of hydrogen-bond acceptors (Lipinski definition) is 3. The Morgan fingerprint density at radius 3 is 2.60 bits per heavy atom. The van der Waals surface area contributed by atoms with Crippen molar-refractivity contribution in [3.8, 4) is 6.07 Å². The van der Waals surface area contributed by atoms with Crippen LogP contribution in [0.3, 0.4) is 0 Å². The van der Waals surface area contributed by atoms with Crippen LogP contribution in [0.5, 0.6) is 0 Å². The maximum absolute atomic E-state index is 11.8. The molecule has 106 valence electrons. The predicted molar refractivity (Wildman–Crippen MR) is 78.0 cm³/mol. The van der Waals surface area contributed by atoms with Crippen molar-refractivity contribution in [2.75, 3.05) is 6.54 Å². The van der Waals surface area contributed by atoms with Gasteiger partial charge in [-0.2, -0.15) is 5.26 Å². The number of nitrogens with zero attached hydrogens (tertiary/aromatic N) is 1. The third-order valence-electron chi connectivity index (χ3n) is 3.83. The van der Waals surface area contributed by atoms with E-state index in [1.54, 1.807) is 12.1 Å². The van der Waals surface area contributed by atoms with Crippen LogP contribution in [-0.2, 0) is 4.79 Å². The monoisotopic (exact) mass is 271 g/mol. The highest BCUT2D eigenvalue weighted by molar-refractivity contribution is 5.78. The van der Waals surface area contributed by atoms with Gasteiger partial charge < -0.3 is 10.6 Å². The molecule has 1 atom stereocenters. The number of carbonyl (C=O) groups is 1. The molecule has 1 saturated carbocycles. The zero-order valence-corrected chi connectivity index (χ0v) is 11.9. The van der Waals surface area contributed by atoms with Crippen LogP contribution in [0.15, 0.2) is 24.3 Å². The Bertz CT molecular complexity index is 483. The molecule has 2 N–H and O–H groups in total. The first-order valence-corrected chi connectivity index (χ1v) is 7.22. The van der Waals surface area contributed by atoms with Crippen LogP contribution in [0.1, 0.15) is 49.8 Å². The van der Waals surface area contributed by atoms with Gasteiger partial charge in [0, 0.05) is 12.1 Å². The van der Waals surface area contributed by atoms with Crippen molar-refractivity contribution in [2.45, 2.75) is 44.7 Å². The number of rotatable bonds is 5. The van der Waals surface area contributed by atoms with Gasteiger partial charge in [-0.05, 0) is 37.5 Å². The number of nitrogens with one attached hydrogen (secondary N) is 2. The van der Waals surface area contributed by atoms with Gasteiger partial charge in [0.2, 0.25) is 5.91 Å². The van der Waals surface area contributed by atoms with Gasteiger partial charge in [-0.15, -0.1) is 0 Å². The van der Waals surface area contributed by atoms with E-state index in [-0.39, 0.29) is 11.9 Å². The lowest BCUT2D eigenvalue weighted by molar-refractivity contribution is -0.121. The topological polar surface area (TPSA) is 64.9 Å². The molecule has 1 aliphatic rings. The molecule has 1 aliphatic carbocycles. The van der Waals surface area contributed by atoms with Crippen molar-refractivity contribution in [1.82, 2.24) is 10.6 Å². The lowest BCUT2D eigenvalue weighted by Crippen LogP contribution is -2.39. The van der Waals surface area contributed by atoms with Gasteiger partial charge in [-0.3, -0.25) is 4.79 Å². The fourth-order valence-corrected chi connectivity index (χ4v) is 2.56. The van der Waals surface area contributed by atoms with E-state index in [1.807, 2.05) is 19.1 Å². The van der Waals surface area contributed by atoms with E-state index in [4.69, 9.17) is 5.26 Å². The van der Waals surface area contributed by atoms with Crippen LogP contribution in [0.25, 0.3) is 0 Å². The molecule has 2 rings (SSSR count). The van der Waals surface area contributed by atoms with E-state index in [2.05, 4.69) is 16.7 Å². The molecule has 4 heteroatoms. The van der Waals surface area contributed by atoms with Gasteiger partial charge >= 0.3 is 0 Å². The molecule has 0 heterocycles. The van der Waals surface area contributed by atoms with Crippen LogP contribution in [0, 0.1) is 11.3 Å². The highest BCUT2D eigenvalue weighted by Crippen LogP contribution is 2.17. The molecule has 0 aliphatic heterocycles. The zero-order valence-electron chi connectivity index (χ0n) is 11.9. The van der Waals surface area contributed by atoms with E-state index >= 15 is 0 Å². The Balaban J connectivity index is 1.77. The van der Waals surface area contributed by atoms with Crippen molar-refractivity contribution in [1.29, 1.82) is 5.26 Å². The molecular formula is C16H21N3O. The molecule has 1 aromatic rings. The average molecular weight is 271 g/mol. The number of carbonyl (C=O) groups excluding carboxylic acids is 1. The van der Waals surface area contributed by atoms with E-state index < -0.39 is 0 Å². The first-order valence-electron chi connectivity index (χ1n) is 7.22. The molecule has 0 radical (unpaired) electrons. The summed E-state index contributed by atoms with van der Waals surface area (Å²) < 4.78 is 0. The summed E-state index contributed by atoms with van der Waals surface area (Å²) in [5.74, 6) is 0.0670. The molecule has 1 fully saturated rings. The zero-order chi connectivity index (χ0) is 14.4. The summed E-state index contributed by atoms with van der Waals surface area (Å²) in [5.41, 5.74) is 1.73. The quantitative estimate of drug-likeness (QED) is 0.863. The molecule has 4 nitrogen and oxygen atoms in total. The molecule has 0 saturated heterocycles. The number of amides is 1. The van der Waals surface area contributed by atoms with Crippen LogP contribution < -0.4 is 10.6 Å². The maximum Gasteiger partial charge on any atom is 0.234 e. The van der Waals surface area contributed by atoms with E-state index in [1.165, 1.54) is 12.8 Å². The van der Waals surface area contributed by atoms with Gasteiger partial charge in [0.15, 0.2) is 0 Å². The molecule has 1 unspecified atom stereocenters. The summed E-state index contributed by atoms with van der Waals surface area (Å²) in [4.78, 5) is 11.8. The first kappa shape index (κ1) is 14.5. The summed E-state index contributed by atoms with van der Waals surface area (Å²) >= 11 is 0. The predicted octanol–water partition coefficient (Wildman–Crippen LogP) is 2.27. The minimum atomic E-state index is 0.0670. The summed E-state index contributed by atoms with van der Waals surface area (Å²) in [5, 5.41) is 15.0. The Labute approximate surface area is 120 Å². The van der Waals surface area contributed by atoms with Crippen LogP contribution in [0.4, 0.5) is 0 Å². The van der Waals surface area contributed by atoms with E-state index in [0.717, 1.165) is 18.4 Å². The summed E-state index contributed by atoms with van der Waals surface area (Å²) in [6.07, 6.45) is 4.66. The largest absolute Gasteiger partial charge is 0.352 e. The van der Waals surface area contributed by atoms with Crippen molar-refractivity contribution in [3.63, 3.8) is 0 Å². The maximum atomic E-state index is 11.8. The summed E-state index contributed by atoms with van der Waals surface area (Å²) in [6, 6.07) is 10.0. The second-order valence-corrected chi connectivity index (χ2v) is 5.39. The van der Waals surface area contributed by atoms with Crippen molar-refractivity contribution < 1.29 is 4.79 Å². The number of benzene rings is 1. The average Bonchev–Trinajstić information content (AvgIpc) is 2.97. The summed E-state index contributed by atoms with van der Waals surface area (Å²) in [6.45, 7) is 2.35. The Kier molecular flexibility index (Phi) is 5.14. The molecule has 0 bridgehead atoms.